The molecule has 0 unspecified atom stereocenters. The van der Waals surface area contributed by atoms with Gasteiger partial charge >= 0.3 is 0 Å². The van der Waals surface area contributed by atoms with Crippen molar-refractivity contribution in [2.24, 2.45) is 0 Å². The van der Waals surface area contributed by atoms with Crippen LogP contribution in [0, 0.1) is 3.57 Å². The fraction of sp³-hybridized carbons (Fsp3) is 0.250. The van der Waals surface area contributed by atoms with Crippen molar-refractivity contribution in [2.45, 2.75) is 6.54 Å². The van der Waals surface area contributed by atoms with Crippen LogP contribution in [0.2, 0.25) is 0 Å². The minimum absolute atomic E-state index is 0.00790. The van der Waals surface area contributed by atoms with Crippen LogP contribution < -0.4 is 0 Å². The predicted octanol–water partition coefficient (Wildman–Crippen LogP) is 3.19. The molecule has 3 aromatic rings. The molecule has 132 valence electrons. The molecule has 1 saturated heterocycles. The molecule has 4 rings (SSSR count). The lowest BCUT2D eigenvalue weighted by atomic mass is 10.2. The molecule has 2 aromatic heterocycles. The molecule has 1 aliphatic rings. The smallest absolute Gasteiger partial charge is 0.272 e. The molecule has 3 heterocycles. The van der Waals surface area contributed by atoms with Gasteiger partial charge in [0.15, 0.2) is 5.65 Å². The maximum absolute atomic E-state index is 12.8. The number of piperazine rings is 1. The largest absolute Gasteiger partial charge is 0.335 e. The molecule has 0 radical (unpaired) electrons. The van der Waals surface area contributed by atoms with Crippen LogP contribution in [0.15, 0.2) is 54.7 Å². The fourth-order valence-corrected chi connectivity index (χ4v) is 3.55. The Morgan fingerprint density at radius 2 is 1.77 bits per heavy atom. The van der Waals surface area contributed by atoms with E-state index in [-0.39, 0.29) is 5.91 Å². The highest BCUT2D eigenvalue weighted by Gasteiger charge is 2.23. The number of nitrogens with zero attached hydrogens (tertiary/aromatic N) is 4. The number of fused-ring (bicyclic) bond motifs is 1. The van der Waals surface area contributed by atoms with Crippen LogP contribution in [0.1, 0.15) is 16.1 Å². The van der Waals surface area contributed by atoms with Crippen molar-refractivity contribution >= 4 is 39.5 Å². The van der Waals surface area contributed by atoms with Gasteiger partial charge in [-0.1, -0.05) is 12.1 Å². The lowest BCUT2D eigenvalue weighted by Gasteiger charge is -2.34. The van der Waals surface area contributed by atoms with Gasteiger partial charge in [0.05, 0.1) is 0 Å². The Labute approximate surface area is 166 Å². The van der Waals surface area contributed by atoms with E-state index in [9.17, 15) is 4.79 Å². The summed E-state index contributed by atoms with van der Waals surface area (Å²) in [6, 6.07) is 16.1. The van der Waals surface area contributed by atoms with Crippen molar-refractivity contribution in [3.8, 4) is 0 Å². The first kappa shape index (κ1) is 17.4. The highest BCUT2D eigenvalue weighted by atomic mass is 123. The van der Waals surface area contributed by atoms with Crippen molar-refractivity contribution < 1.29 is 4.79 Å². The van der Waals surface area contributed by atoms with Crippen molar-refractivity contribution in [3.63, 3.8) is 0 Å². The summed E-state index contributed by atoms with van der Waals surface area (Å²) < 4.78 is 1.25. The summed E-state index contributed by atoms with van der Waals surface area (Å²) in [6.07, 6.45) is 1.70. The quantitative estimate of drug-likeness (QED) is 0.571. The molecule has 1 fully saturated rings. The lowest BCUT2D eigenvalue weighted by Crippen LogP contribution is -2.48. The van der Waals surface area contributed by atoms with Crippen LogP contribution in [-0.4, -0.2) is 51.9 Å². The number of carbonyl (C=O) groups excluding carboxylic acids is 1. The van der Waals surface area contributed by atoms with Gasteiger partial charge in [0.25, 0.3) is 5.91 Å². The van der Waals surface area contributed by atoms with Gasteiger partial charge in [-0.25, -0.2) is 9.97 Å². The maximum atomic E-state index is 12.8. The summed E-state index contributed by atoms with van der Waals surface area (Å²) in [5.41, 5.74) is 2.41. The molecule has 0 aliphatic carbocycles. The lowest BCUT2D eigenvalue weighted by molar-refractivity contribution is 0.0623. The van der Waals surface area contributed by atoms with E-state index in [2.05, 4.69) is 61.7 Å². The van der Waals surface area contributed by atoms with E-state index in [1.807, 2.05) is 23.1 Å². The number of hydrogen-bond donors (Lipinski definition) is 0. The summed E-state index contributed by atoms with van der Waals surface area (Å²) in [4.78, 5) is 25.7. The predicted molar refractivity (Wildman–Crippen MR) is 110 cm³/mol. The van der Waals surface area contributed by atoms with Gasteiger partial charge in [-0.15, -0.1) is 0 Å². The van der Waals surface area contributed by atoms with E-state index in [0.717, 1.165) is 38.1 Å². The van der Waals surface area contributed by atoms with Crippen LogP contribution >= 0.6 is 22.6 Å². The zero-order valence-corrected chi connectivity index (χ0v) is 16.5. The molecule has 0 saturated carbocycles. The zero-order chi connectivity index (χ0) is 17.9. The van der Waals surface area contributed by atoms with Gasteiger partial charge in [0.2, 0.25) is 0 Å². The second kappa shape index (κ2) is 7.67. The molecule has 0 N–H and O–H groups in total. The summed E-state index contributed by atoms with van der Waals surface area (Å²) in [7, 11) is 0. The Bertz CT molecular complexity index is 921. The monoisotopic (exact) mass is 454 g/mol. The third-order valence-corrected chi connectivity index (χ3v) is 5.38. The summed E-state index contributed by atoms with van der Waals surface area (Å²) >= 11 is 2.32. The first-order chi connectivity index (χ1) is 12.7. The Morgan fingerprint density at radius 1 is 1.00 bits per heavy atom. The Hall–Kier alpha value is -2.06. The van der Waals surface area contributed by atoms with E-state index < -0.39 is 0 Å². The number of rotatable bonds is 3. The number of hydrogen-bond acceptors (Lipinski definition) is 4. The van der Waals surface area contributed by atoms with Crippen LogP contribution in [-0.2, 0) is 6.54 Å². The number of aromatic nitrogens is 2. The zero-order valence-electron chi connectivity index (χ0n) is 14.3. The van der Waals surface area contributed by atoms with Gasteiger partial charge in [-0.2, -0.15) is 0 Å². The average Bonchev–Trinajstić information content (AvgIpc) is 2.69. The average molecular weight is 454 g/mol. The topological polar surface area (TPSA) is 49.3 Å². The van der Waals surface area contributed by atoms with Crippen LogP contribution in [0.5, 0.6) is 0 Å². The van der Waals surface area contributed by atoms with E-state index in [1.165, 1.54) is 9.13 Å². The number of halogens is 1. The minimum atomic E-state index is -0.00790. The fourth-order valence-electron chi connectivity index (χ4n) is 3.19. The van der Waals surface area contributed by atoms with Gasteiger partial charge < -0.3 is 4.90 Å². The molecule has 0 atom stereocenters. The summed E-state index contributed by atoms with van der Waals surface area (Å²) in [5.74, 6) is -0.00790. The van der Waals surface area contributed by atoms with Gasteiger partial charge in [-0.05, 0) is 64.6 Å². The number of carbonyl (C=O) groups is 1. The highest BCUT2D eigenvalue weighted by Crippen LogP contribution is 2.14. The van der Waals surface area contributed by atoms with Crippen molar-refractivity contribution in [2.75, 3.05) is 26.2 Å². The van der Waals surface area contributed by atoms with E-state index in [4.69, 9.17) is 0 Å². The van der Waals surface area contributed by atoms with E-state index in [1.54, 1.807) is 12.3 Å². The molecular weight excluding hydrogens is 435 g/mol. The second-order valence-electron chi connectivity index (χ2n) is 6.44. The molecule has 5 nitrogen and oxygen atoms in total. The van der Waals surface area contributed by atoms with Crippen molar-refractivity contribution in [3.05, 3.63) is 69.6 Å². The van der Waals surface area contributed by atoms with Crippen LogP contribution in [0.25, 0.3) is 11.0 Å². The molecular formula is C20H19IN4O. The normalized spacial score (nSPS) is 15.3. The SMILES string of the molecule is O=C(c1ccc2cccnc2n1)N1CCN(Cc2ccc([123I])cc2)CC1. The molecule has 1 aliphatic heterocycles. The van der Waals surface area contributed by atoms with E-state index >= 15 is 0 Å². The van der Waals surface area contributed by atoms with Gasteiger partial charge in [0.1, 0.15) is 5.69 Å². The first-order valence-electron chi connectivity index (χ1n) is 8.67. The summed E-state index contributed by atoms with van der Waals surface area (Å²) in [5, 5.41) is 0.950. The minimum Gasteiger partial charge on any atom is -0.335 e. The number of benzene rings is 1. The number of amides is 1. The van der Waals surface area contributed by atoms with Gasteiger partial charge in [-0.3, -0.25) is 9.69 Å². The maximum Gasteiger partial charge on any atom is 0.272 e. The molecule has 1 aromatic carbocycles. The highest BCUT2D eigenvalue weighted by molar-refractivity contribution is 14.1. The molecule has 0 bridgehead atoms. The Kier molecular flexibility index (Phi) is 5.12. The van der Waals surface area contributed by atoms with Crippen LogP contribution in [0.3, 0.4) is 0 Å². The molecule has 6 heteroatoms. The number of pyridine rings is 2. The standard InChI is InChI=1S/C20H19IN4O/c21-17-6-3-15(4-7-17)14-24-10-12-25(13-11-24)20(26)18-8-5-16-2-1-9-22-19(16)23-18/h1-9H,10-14H2/i21-4. The van der Waals surface area contributed by atoms with E-state index in [0.29, 0.717) is 11.3 Å². The van der Waals surface area contributed by atoms with Crippen molar-refractivity contribution in [1.29, 1.82) is 0 Å². The van der Waals surface area contributed by atoms with Crippen LogP contribution in [0.4, 0.5) is 0 Å². The third kappa shape index (κ3) is 3.86. The molecule has 26 heavy (non-hydrogen) atoms. The third-order valence-electron chi connectivity index (χ3n) is 4.66. The Balaban J connectivity index is 1.38. The van der Waals surface area contributed by atoms with Gasteiger partial charge in [0, 0.05) is 47.9 Å². The Morgan fingerprint density at radius 3 is 2.54 bits per heavy atom. The van der Waals surface area contributed by atoms with Crippen molar-refractivity contribution in [1.82, 2.24) is 19.8 Å². The second-order valence-corrected chi connectivity index (χ2v) is 7.69. The first-order valence-corrected chi connectivity index (χ1v) is 9.75. The summed E-state index contributed by atoms with van der Waals surface area (Å²) in [6.45, 7) is 4.14. The molecule has 1 amide bonds. The molecule has 0 spiro atoms.